The second kappa shape index (κ2) is 21.6. The van der Waals surface area contributed by atoms with Crippen LogP contribution in [-0.4, -0.2) is 38.0 Å². The summed E-state index contributed by atoms with van der Waals surface area (Å²) in [6, 6.07) is 19.9. The van der Waals surface area contributed by atoms with Crippen molar-refractivity contribution in [3.05, 3.63) is 60.7 Å². The first-order valence-corrected chi connectivity index (χ1v) is 16.4. The molecule has 0 aliphatic rings. The fraction of sp³-hybridized carbons (Fsp3) is 0.667. The van der Waals surface area contributed by atoms with Gasteiger partial charge in [-0.05, 0) is 51.0 Å². The summed E-state index contributed by atoms with van der Waals surface area (Å²) in [5.74, 6) is -0.157. The number of para-hydroxylation sites is 2. The molecule has 41 heavy (non-hydrogen) atoms. The molecule has 2 rings (SSSR count). The lowest BCUT2D eigenvalue weighted by atomic mass is 10.0. The first-order valence-electron chi connectivity index (χ1n) is 16.4. The number of unbranched alkanes of at least 4 members (excludes halogenated alkanes) is 10. The van der Waals surface area contributed by atoms with E-state index >= 15 is 0 Å². The summed E-state index contributed by atoms with van der Waals surface area (Å²) in [4.78, 5) is 0. The van der Waals surface area contributed by atoms with Crippen LogP contribution in [0.3, 0.4) is 0 Å². The summed E-state index contributed by atoms with van der Waals surface area (Å²) in [6.45, 7) is 10.2. The Morgan fingerprint density at radius 2 is 0.829 bits per heavy atom. The Bertz CT molecular complexity index is 789. The van der Waals surface area contributed by atoms with Crippen molar-refractivity contribution in [2.75, 3.05) is 26.4 Å². The molecule has 0 saturated carbocycles. The SMILES string of the molecule is CCCCCCCCC(COCC(CCCCCCCC)(OCC)Oc1ccccc1)(OCC)Oc1ccccc1. The van der Waals surface area contributed by atoms with E-state index in [-0.39, 0.29) is 0 Å². The molecule has 0 spiro atoms. The molecule has 0 aliphatic carbocycles. The minimum atomic E-state index is -0.869. The maximum atomic E-state index is 6.57. The van der Waals surface area contributed by atoms with Crippen LogP contribution >= 0.6 is 0 Å². The zero-order valence-electron chi connectivity index (χ0n) is 26.5. The maximum Gasteiger partial charge on any atom is 0.234 e. The highest BCUT2D eigenvalue weighted by Gasteiger charge is 2.38. The Morgan fingerprint density at radius 3 is 1.20 bits per heavy atom. The number of hydrogen-bond acceptors (Lipinski definition) is 5. The normalized spacial score (nSPS) is 14.3. The van der Waals surface area contributed by atoms with Gasteiger partial charge in [0, 0.05) is 26.1 Å². The molecule has 0 aromatic heterocycles. The van der Waals surface area contributed by atoms with E-state index in [0.717, 1.165) is 50.0 Å². The summed E-state index contributed by atoms with van der Waals surface area (Å²) in [5.41, 5.74) is 0. The minimum absolute atomic E-state index is 0.300. The van der Waals surface area contributed by atoms with Gasteiger partial charge in [-0.3, -0.25) is 0 Å². The smallest absolute Gasteiger partial charge is 0.234 e. The average molecular weight is 571 g/mol. The summed E-state index contributed by atoms with van der Waals surface area (Å²) in [6.07, 6.45) is 16.0. The fourth-order valence-electron chi connectivity index (χ4n) is 5.24. The van der Waals surface area contributed by atoms with E-state index in [9.17, 15) is 0 Å². The van der Waals surface area contributed by atoms with Crippen LogP contribution in [0.4, 0.5) is 0 Å². The van der Waals surface area contributed by atoms with Gasteiger partial charge in [0.15, 0.2) is 0 Å². The van der Waals surface area contributed by atoms with Crippen LogP contribution in [0.25, 0.3) is 0 Å². The van der Waals surface area contributed by atoms with Gasteiger partial charge in [-0.25, -0.2) is 0 Å². The number of hydrogen-bond donors (Lipinski definition) is 0. The second-order valence-electron chi connectivity index (χ2n) is 11.0. The Balaban J connectivity index is 2.16. The summed E-state index contributed by atoms with van der Waals surface area (Å²) >= 11 is 0. The van der Waals surface area contributed by atoms with E-state index in [4.69, 9.17) is 23.7 Å². The molecule has 0 heterocycles. The molecule has 0 N–H and O–H groups in total. The molecule has 2 aromatic rings. The topological polar surface area (TPSA) is 46.2 Å². The Hall–Kier alpha value is -2.08. The van der Waals surface area contributed by atoms with Crippen molar-refractivity contribution in [3.63, 3.8) is 0 Å². The zero-order chi connectivity index (χ0) is 29.5. The van der Waals surface area contributed by atoms with Crippen LogP contribution in [-0.2, 0) is 14.2 Å². The van der Waals surface area contributed by atoms with Gasteiger partial charge in [0.1, 0.15) is 24.7 Å². The predicted molar refractivity (Wildman–Crippen MR) is 170 cm³/mol. The highest BCUT2D eigenvalue weighted by Crippen LogP contribution is 2.30. The van der Waals surface area contributed by atoms with Crippen LogP contribution in [0.15, 0.2) is 60.7 Å². The van der Waals surface area contributed by atoms with Gasteiger partial charge in [-0.1, -0.05) is 114 Å². The van der Waals surface area contributed by atoms with Gasteiger partial charge < -0.3 is 23.7 Å². The van der Waals surface area contributed by atoms with Gasteiger partial charge in [0.2, 0.25) is 11.6 Å². The molecule has 0 aliphatic heterocycles. The van der Waals surface area contributed by atoms with Crippen LogP contribution < -0.4 is 9.47 Å². The average Bonchev–Trinajstić information content (AvgIpc) is 2.98. The Kier molecular flexibility index (Phi) is 18.5. The van der Waals surface area contributed by atoms with Gasteiger partial charge >= 0.3 is 0 Å². The summed E-state index contributed by atoms with van der Waals surface area (Å²) in [7, 11) is 0. The molecule has 0 bridgehead atoms. The molecule has 0 radical (unpaired) electrons. The molecule has 2 aromatic carbocycles. The van der Waals surface area contributed by atoms with E-state index < -0.39 is 11.6 Å². The molecule has 5 heteroatoms. The highest BCUT2D eigenvalue weighted by molar-refractivity contribution is 5.22. The van der Waals surface area contributed by atoms with Crippen molar-refractivity contribution >= 4 is 0 Å². The van der Waals surface area contributed by atoms with Gasteiger partial charge in [-0.15, -0.1) is 0 Å². The third-order valence-electron chi connectivity index (χ3n) is 7.38. The molecule has 2 unspecified atom stereocenters. The molecule has 0 saturated heterocycles. The molecule has 0 amide bonds. The van der Waals surface area contributed by atoms with E-state index in [2.05, 4.69) is 13.8 Å². The second-order valence-corrected chi connectivity index (χ2v) is 11.0. The number of rotatable bonds is 26. The van der Waals surface area contributed by atoms with Crippen LogP contribution in [0.5, 0.6) is 11.5 Å². The lowest BCUT2D eigenvalue weighted by Gasteiger charge is -2.37. The Morgan fingerprint density at radius 1 is 0.463 bits per heavy atom. The molecular weight excluding hydrogens is 512 g/mol. The van der Waals surface area contributed by atoms with Gasteiger partial charge in [-0.2, -0.15) is 0 Å². The lowest BCUT2D eigenvalue weighted by molar-refractivity contribution is -0.253. The quantitative estimate of drug-likeness (QED) is 0.0832. The first-order chi connectivity index (χ1) is 20.1. The molecule has 232 valence electrons. The third kappa shape index (κ3) is 14.6. The number of ether oxygens (including phenoxy) is 5. The van der Waals surface area contributed by atoms with Crippen LogP contribution in [0, 0.1) is 0 Å². The van der Waals surface area contributed by atoms with E-state index in [1.807, 2.05) is 74.5 Å². The summed E-state index contributed by atoms with van der Waals surface area (Å²) in [5, 5.41) is 0. The molecular formula is C36H58O5. The number of benzene rings is 2. The molecule has 0 fully saturated rings. The predicted octanol–water partition coefficient (Wildman–Crippen LogP) is 10.1. The lowest BCUT2D eigenvalue weighted by Crippen LogP contribution is -2.48. The van der Waals surface area contributed by atoms with Gasteiger partial charge in [0.25, 0.3) is 0 Å². The van der Waals surface area contributed by atoms with Crippen molar-refractivity contribution in [1.82, 2.24) is 0 Å². The monoisotopic (exact) mass is 570 g/mol. The molecule has 2 atom stereocenters. The standard InChI is InChI=1S/C36H58O5/c1-5-9-11-13-15-23-29-35(38-7-3,40-33-25-19-17-20-26-33)31-37-32-36(39-8-4,30-24-16-14-12-10-6-2)41-34-27-21-18-22-28-34/h17-22,25-28H,5-16,23-24,29-32H2,1-4H3. The first kappa shape index (κ1) is 35.1. The van der Waals surface area contributed by atoms with Crippen molar-refractivity contribution in [2.45, 2.75) is 129 Å². The van der Waals surface area contributed by atoms with Crippen LogP contribution in [0.2, 0.25) is 0 Å². The van der Waals surface area contributed by atoms with Crippen molar-refractivity contribution in [3.8, 4) is 11.5 Å². The van der Waals surface area contributed by atoms with E-state index in [1.165, 1.54) is 51.4 Å². The van der Waals surface area contributed by atoms with Crippen molar-refractivity contribution in [2.24, 2.45) is 0 Å². The van der Waals surface area contributed by atoms with Crippen molar-refractivity contribution < 1.29 is 23.7 Å². The third-order valence-corrected chi connectivity index (χ3v) is 7.38. The Labute approximate surface area is 251 Å². The maximum absolute atomic E-state index is 6.57. The fourth-order valence-corrected chi connectivity index (χ4v) is 5.24. The van der Waals surface area contributed by atoms with E-state index in [0.29, 0.717) is 26.4 Å². The largest absolute Gasteiger partial charge is 0.460 e. The zero-order valence-corrected chi connectivity index (χ0v) is 26.5. The highest BCUT2D eigenvalue weighted by atomic mass is 16.7. The van der Waals surface area contributed by atoms with E-state index in [1.54, 1.807) is 0 Å². The summed E-state index contributed by atoms with van der Waals surface area (Å²) < 4.78 is 32.4. The molecule has 5 nitrogen and oxygen atoms in total. The van der Waals surface area contributed by atoms with Crippen LogP contribution in [0.1, 0.15) is 118 Å². The van der Waals surface area contributed by atoms with Gasteiger partial charge in [0.05, 0.1) is 0 Å². The van der Waals surface area contributed by atoms with Crippen molar-refractivity contribution in [1.29, 1.82) is 0 Å². The minimum Gasteiger partial charge on any atom is -0.460 e.